The van der Waals surface area contributed by atoms with Gasteiger partial charge in [-0.1, -0.05) is 58.4 Å². The number of likely N-dealkylation sites (tertiary alicyclic amines) is 1. The number of ether oxygens (including phenoxy) is 3. The van der Waals surface area contributed by atoms with E-state index in [0.29, 0.717) is 10.9 Å². The smallest absolute Gasteiger partial charge is 0.373 e. The minimum Gasteiger partial charge on any atom is -0.481 e. The Hall–Kier alpha value is -4.37. The molecule has 3 unspecified atom stereocenters. The summed E-state index contributed by atoms with van der Waals surface area (Å²) in [5, 5.41) is 2.88. The van der Waals surface area contributed by atoms with Crippen LogP contribution in [0, 0.1) is 17.7 Å². The largest absolute Gasteiger partial charge is 0.481 e. The molecular weight excluding hydrogens is 779 g/mol. The summed E-state index contributed by atoms with van der Waals surface area (Å²) in [5.41, 5.74) is 0.714. The number of Topliss-reactive ketones (excluding diaryl/α,β-unsaturated/α-hetero) is 1. The average molecular weight is 826 g/mol. The van der Waals surface area contributed by atoms with E-state index < -0.39 is 86.7 Å². The molecule has 0 bridgehead atoms. The first-order chi connectivity index (χ1) is 26.3. The van der Waals surface area contributed by atoms with Gasteiger partial charge in [-0.25, -0.2) is 8.78 Å². The number of aromatic nitrogens is 1. The molecule has 4 rings (SSSR count). The molecule has 1 aliphatic heterocycles. The highest BCUT2D eigenvalue weighted by atomic mass is 35.5. The Morgan fingerprint density at radius 2 is 1.66 bits per heavy atom. The Bertz CT molecular complexity index is 1990. The molecule has 306 valence electrons. The van der Waals surface area contributed by atoms with Gasteiger partial charge in [-0.2, -0.15) is 0 Å². The molecule has 0 radical (unpaired) electrons. The first-order valence-corrected chi connectivity index (χ1v) is 20.2. The summed E-state index contributed by atoms with van der Waals surface area (Å²) < 4.78 is 73.0. The van der Waals surface area contributed by atoms with Crippen LogP contribution in [0.2, 0.25) is 5.02 Å². The number of nitrogens with zero attached hydrogens (tertiary/aromatic N) is 2. The van der Waals surface area contributed by atoms with Gasteiger partial charge in [-0.3, -0.25) is 37.6 Å². The number of alkyl halides is 1. The van der Waals surface area contributed by atoms with E-state index in [1.165, 1.54) is 48.0 Å². The number of ketones is 1. The zero-order valence-corrected chi connectivity index (χ0v) is 33.9. The van der Waals surface area contributed by atoms with Gasteiger partial charge >= 0.3 is 19.5 Å². The molecule has 18 heteroatoms. The first-order valence-electron chi connectivity index (χ1n) is 18.1. The zero-order valence-electron chi connectivity index (χ0n) is 32.2. The zero-order chi connectivity index (χ0) is 41.5. The van der Waals surface area contributed by atoms with Gasteiger partial charge in [0.2, 0.25) is 24.4 Å². The Kier molecular flexibility index (Phi) is 15.2. The molecule has 1 aromatic heterocycles. The third-order valence-electron chi connectivity index (χ3n) is 8.72. The van der Waals surface area contributed by atoms with Crippen molar-refractivity contribution in [1.82, 2.24) is 14.8 Å². The van der Waals surface area contributed by atoms with Crippen LogP contribution in [-0.4, -0.2) is 76.7 Å². The quantitative estimate of drug-likeness (QED) is 0.0611. The summed E-state index contributed by atoms with van der Waals surface area (Å²) in [7, 11) is -4.40. The standard InChI is InChI=1S/C38H47ClF2N3O11P/c1-8-34(48)53-38(22(4)5)55-56(50,54-37(21(2)3)52-24(7)46)20-51-27-12-13-28-29(23(6)45)18-43(31(28)15-27)19-33(47)44-17-26(40)14-32(44)36(49)42-16-25-10-9-11-30(39)35(25)41/h9-13,15,18,21-22,26,32,37-38H,8,14,16-17,19-20H2,1-7H3,(H,42,49)/t26-,32+,37?,38?,56?/m1/s1. The topological polar surface area (TPSA) is 169 Å². The Labute approximate surface area is 328 Å². The number of hydrogen-bond donors (Lipinski definition) is 1. The van der Waals surface area contributed by atoms with Gasteiger partial charge in [-0.05, 0) is 25.1 Å². The maximum absolute atomic E-state index is 14.7. The van der Waals surface area contributed by atoms with Crippen LogP contribution in [0.1, 0.15) is 77.2 Å². The molecule has 1 N–H and O–H groups in total. The number of benzene rings is 2. The van der Waals surface area contributed by atoms with E-state index in [1.807, 2.05) is 0 Å². The summed E-state index contributed by atoms with van der Waals surface area (Å²) in [6.07, 6.45) is -3.67. The van der Waals surface area contributed by atoms with Crippen LogP contribution in [0.4, 0.5) is 8.78 Å². The van der Waals surface area contributed by atoms with Gasteiger partial charge in [0, 0.05) is 66.9 Å². The summed E-state index contributed by atoms with van der Waals surface area (Å²) in [6, 6.07) is 7.67. The van der Waals surface area contributed by atoms with Crippen molar-refractivity contribution < 1.29 is 60.6 Å². The van der Waals surface area contributed by atoms with Crippen LogP contribution in [-0.2, 0) is 55.4 Å². The second-order valence-electron chi connectivity index (χ2n) is 14.0. The monoisotopic (exact) mass is 825 g/mol. The fraction of sp³-hybridized carbons (Fsp3) is 0.500. The van der Waals surface area contributed by atoms with Crippen LogP contribution >= 0.6 is 19.2 Å². The maximum atomic E-state index is 14.7. The van der Waals surface area contributed by atoms with E-state index in [9.17, 15) is 37.3 Å². The minimum atomic E-state index is -4.40. The van der Waals surface area contributed by atoms with Gasteiger partial charge in [-0.15, -0.1) is 0 Å². The van der Waals surface area contributed by atoms with Gasteiger partial charge in [0.15, 0.2) is 12.1 Å². The van der Waals surface area contributed by atoms with Crippen molar-refractivity contribution in [1.29, 1.82) is 0 Å². The highest BCUT2D eigenvalue weighted by Crippen LogP contribution is 2.52. The fourth-order valence-corrected chi connectivity index (χ4v) is 7.67. The van der Waals surface area contributed by atoms with Crippen LogP contribution in [0.3, 0.4) is 0 Å². The molecule has 3 aromatic rings. The average Bonchev–Trinajstić information content (AvgIpc) is 3.70. The fourth-order valence-electron chi connectivity index (χ4n) is 5.79. The molecule has 56 heavy (non-hydrogen) atoms. The minimum absolute atomic E-state index is 0.0197. The lowest BCUT2D eigenvalue weighted by atomic mass is 10.1. The second-order valence-corrected chi connectivity index (χ2v) is 16.3. The number of rotatable bonds is 18. The Morgan fingerprint density at radius 3 is 2.27 bits per heavy atom. The van der Waals surface area contributed by atoms with Crippen LogP contribution in [0.5, 0.6) is 5.75 Å². The molecule has 2 aromatic carbocycles. The van der Waals surface area contributed by atoms with Crippen LogP contribution < -0.4 is 10.1 Å². The van der Waals surface area contributed by atoms with E-state index in [2.05, 4.69) is 5.32 Å². The lowest BCUT2D eigenvalue weighted by molar-refractivity contribution is -0.178. The van der Waals surface area contributed by atoms with Crippen LogP contribution in [0.25, 0.3) is 10.9 Å². The maximum Gasteiger partial charge on any atom is 0.373 e. The SMILES string of the molecule is CCC(=O)OC(OP(=O)(COc1ccc2c(C(C)=O)cn(CC(=O)N3C[C@H](F)C[C@H]3C(=O)NCc3cccc(Cl)c3F)c2c1)OC(OC(C)=O)C(C)C)C(C)C. The molecule has 1 fully saturated rings. The molecular formula is C38H47ClF2N3O11P. The summed E-state index contributed by atoms with van der Waals surface area (Å²) in [5.74, 6) is -4.50. The van der Waals surface area contributed by atoms with E-state index in [0.717, 1.165) is 11.8 Å². The predicted octanol–water partition coefficient (Wildman–Crippen LogP) is 6.93. The third-order valence-corrected chi connectivity index (χ3v) is 10.5. The van der Waals surface area contributed by atoms with E-state index in [1.54, 1.807) is 40.7 Å². The van der Waals surface area contributed by atoms with Gasteiger partial charge in [0.05, 0.1) is 17.1 Å². The molecule has 0 saturated carbocycles. The third kappa shape index (κ3) is 11.4. The van der Waals surface area contributed by atoms with Crippen molar-refractivity contribution in [3.8, 4) is 5.75 Å². The lowest BCUT2D eigenvalue weighted by Gasteiger charge is -2.30. The van der Waals surface area contributed by atoms with Gasteiger partial charge in [0.25, 0.3) is 0 Å². The van der Waals surface area contributed by atoms with Crippen molar-refractivity contribution in [2.45, 2.75) is 99.2 Å². The van der Waals surface area contributed by atoms with Crippen molar-refractivity contribution in [2.24, 2.45) is 11.8 Å². The van der Waals surface area contributed by atoms with E-state index in [4.69, 9.17) is 34.9 Å². The van der Waals surface area contributed by atoms with Gasteiger partial charge < -0.3 is 29.0 Å². The number of hydrogen-bond acceptors (Lipinski definition) is 11. The Morgan fingerprint density at radius 1 is 1.00 bits per heavy atom. The van der Waals surface area contributed by atoms with E-state index >= 15 is 0 Å². The highest BCUT2D eigenvalue weighted by molar-refractivity contribution is 7.53. The highest BCUT2D eigenvalue weighted by Gasteiger charge is 2.41. The number of fused-ring (bicyclic) bond motifs is 1. The summed E-state index contributed by atoms with van der Waals surface area (Å²) >= 11 is 5.84. The molecule has 2 heterocycles. The molecule has 0 spiro atoms. The van der Waals surface area contributed by atoms with Crippen molar-refractivity contribution in [2.75, 3.05) is 12.9 Å². The number of carbonyl (C=O) groups is 5. The molecule has 2 amide bonds. The molecule has 5 atom stereocenters. The lowest BCUT2D eigenvalue weighted by Crippen LogP contribution is -2.46. The number of carbonyl (C=O) groups excluding carboxylic acids is 5. The van der Waals surface area contributed by atoms with E-state index in [-0.39, 0.29) is 53.6 Å². The molecule has 14 nitrogen and oxygen atoms in total. The number of amides is 2. The van der Waals surface area contributed by atoms with Crippen LogP contribution in [0.15, 0.2) is 42.6 Å². The Balaban J connectivity index is 1.59. The number of halogens is 3. The van der Waals surface area contributed by atoms with Crippen molar-refractivity contribution in [3.05, 3.63) is 64.6 Å². The summed E-state index contributed by atoms with van der Waals surface area (Å²) in [6.45, 7) is 9.76. The van der Waals surface area contributed by atoms with Gasteiger partial charge in [0.1, 0.15) is 30.3 Å². The normalized spacial score (nSPS) is 17.8. The van der Waals surface area contributed by atoms with Crippen molar-refractivity contribution >= 4 is 59.6 Å². The first kappa shape index (κ1) is 44.3. The second kappa shape index (κ2) is 19.2. The molecule has 1 saturated heterocycles. The van der Waals surface area contributed by atoms with Crippen molar-refractivity contribution in [3.63, 3.8) is 0 Å². The molecule has 1 aliphatic rings. The number of esters is 2. The predicted molar refractivity (Wildman–Crippen MR) is 201 cm³/mol. The molecule has 0 aliphatic carbocycles. The summed E-state index contributed by atoms with van der Waals surface area (Å²) in [4.78, 5) is 64.6. The number of nitrogens with one attached hydrogen (secondary N) is 1.